The van der Waals surface area contributed by atoms with E-state index in [1.165, 1.54) is 10.6 Å². The van der Waals surface area contributed by atoms with Crippen LogP contribution in [-0.4, -0.2) is 16.5 Å². The number of nitrogens with two attached hydrogens (primary N) is 1. The van der Waals surface area contributed by atoms with E-state index in [0.29, 0.717) is 5.69 Å². The monoisotopic (exact) mass is 423 g/mol. The highest BCUT2D eigenvalue weighted by Crippen LogP contribution is 2.28. The van der Waals surface area contributed by atoms with E-state index >= 15 is 0 Å². The van der Waals surface area contributed by atoms with E-state index in [-0.39, 0.29) is 17.4 Å². The van der Waals surface area contributed by atoms with Gasteiger partial charge in [-0.25, -0.2) is 0 Å². The zero-order valence-electron chi connectivity index (χ0n) is 17.8. The molecule has 0 aliphatic carbocycles. The summed E-state index contributed by atoms with van der Waals surface area (Å²) in [6.45, 7) is 0. The summed E-state index contributed by atoms with van der Waals surface area (Å²) in [5, 5.41) is 2.94. The number of hydrogen-bond donors (Lipinski definition) is 2. The molecule has 1 atom stereocenters. The lowest BCUT2D eigenvalue weighted by Crippen LogP contribution is -2.41. The molecule has 0 unspecified atom stereocenters. The van der Waals surface area contributed by atoms with Gasteiger partial charge in [-0.15, -0.1) is 0 Å². The number of carbonyl (C=O) groups is 1. The van der Waals surface area contributed by atoms with Crippen LogP contribution in [0.15, 0.2) is 108 Å². The van der Waals surface area contributed by atoms with Gasteiger partial charge in [0.1, 0.15) is 0 Å². The van der Waals surface area contributed by atoms with Crippen molar-refractivity contribution in [3.05, 3.63) is 125 Å². The smallest absolute Gasteiger partial charge is 0.250 e. The quantitative estimate of drug-likeness (QED) is 0.489. The van der Waals surface area contributed by atoms with Crippen LogP contribution in [0.3, 0.4) is 0 Å². The van der Waals surface area contributed by atoms with Crippen molar-refractivity contribution < 1.29 is 4.79 Å². The van der Waals surface area contributed by atoms with Gasteiger partial charge in [-0.3, -0.25) is 9.59 Å². The maximum atomic E-state index is 13.1. The fourth-order valence-electron chi connectivity index (χ4n) is 3.82. The van der Waals surface area contributed by atoms with Crippen molar-refractivity contribution in [1.29, 1.82) is 0 Å². The number of hydrogen-bond acceptors (Lipinski definition) is 3. The fraction of sp³-hybridized carbons (Fsp3) is 0.111. The van der Waals surface area contributed by atoms with Crippen molar-refractivity contribution in [2.45, 2.75) is 12.0 Å². The maximum Gasteiger partial charge on any atom is 0.250 e. The van der Waals surface area contributed by atoms with Crippen LogP contribution in [0.25, 0.3) is 11.1 Å². The molecule has 0 saturated heterocycles. The van der Waals surface area contributed by atoms with Gasteiger partial charge in [-0.1, -0.05) is 72.8 Å². The Bertz CT molecular complexity index is 1210. The second-order valence-electron chi connectivity index (χ2n) is 7.76. The number of rotatable bonds is 6. The topological polar surface area (TPSA) is 77.1 Å². The Morgan fingerprint density at radius 2 is 1.31 bits per heavy atom. The Balaban J connectivity index is 1.54. The molecule has 0 spiro atoms. The molecule has 160 valence electrons. The van der Waals surface area contributed by atoms with Gasteiger partial charge in [-0.05, 0) is 40.5 Å². The van der Waals surface area contributed by atoms with Gasteiger partial charge in [0.05, 0.1) is 6.04 Å². The van der Waals surface area contributed by atoms with Crippen LogP contribution in [-0.2, 0) is 11.8 Å². The van der Waals surface area contributed by atoms with E-state index in [2.05, 4.69) is 5.32 Å². The van der Waals surface area contributed by atoms with Crippen molar-refractivity contribution in [1.82, 2.24) is 4.57 Å². The number of carbonyl (C=O) groups excluding carboxylic acids is 1. The van der Waals surface area contributed by atoms with Gasteiger partial charge < -0.3 is 15.6 Å². The Labute approximate surface area is 187 Å². The number of aromatic nitrogens is 1. The molecule has 3 N–H and O–H groups in total. The summed E-state index contributed by atoms with van der Waals surface area (Å²) in [5.74, 6) is -0.514. The van der Waals surface area contributed by atoms with Gasteiger partial charge in [0.15, 0.2) is 0 Å². The minimum Gasteiger partial charge on any atom is -0.325 e. The summed E-state index contributed by atoms with van der Waals surface area (Å²) >= 11 is 0. The van der Waals surface area contributed by atoms with Crippen molar-refractivity contribution in [3.8, 4) is 11.1 Å². The van der Waals surface area contributed by atoms with Crippen LogP contribution in [0.4, 0.5) is 5.69 Å². The van der Waals surface area contributed by atoms with Crippen LogP contribution < -0.4 is 16.6 Å². The molecule has 32 heavy (non-hydrogen) atoms. The third kappa shape index (κ3) is 4.68. The molecule has 0 fully saturated rings. The molecule has 0 aliphatic rings. The minimum absolute atomic E-state index is 0.0574. The summed E-state index contributed by atoms with van der Waals surface area (Å²) in [4.78, 5) is 24.7. The maximum absolute atomic E-state index is 13.1. The Kier molecular flexibility index (Phi) is 6.29. The zero-order chi connectivity index (χ0) is 22.5. The molecule has 5 heteroatoms. The summed E-state index contributed by atoms with van der Waals surface area (Å²) in [6.07, 6.45) is 1.79. The molecular formula is C27H25N3O2. The number of aryl methyl sites for hydroxylation is 1. The van der Waals surface area contributed by atoms with Gasteiger partial charge in [0.25, 0.3) is 0 Å². The van der Waals surface area contributed by atoms with Crippen LogP contribution in [0.2, 0.25) is 0 Å². The second-order valence-corrected chi connectivity index (χ2v) is 7.76. The molecular weight excluding hydrogens is 398 g/mol. The van der Waals surface area contributed by atoms with Crippen LogP contribution in [0, 0.1) is 0 Å². The standard InChI is InChI=1S/C27H25N3O2/c1-30-18-22(14-17-24(30)31)19-12-15-23(16-13-19)29-27(32)26(28)25(20-8-4-2-5-9-20)21-10-6-3-7-11-21/h2-18,25-26H,28H2,1H3,(H,29,32)/t26-/m0/s1. The number of anilines is 1. The molecule has 4 aromatic rings. The predicted octanol–water partition coefficient (Wildman–Crippen LogP) is 4.15. The molecule has 1 amide bonds. The van der Waals surface area contributed by atoms with Gasteiger partial charge in [0.2, 0.25) is 11.5 Å². The van der Waals surface area contributed by atoms with Crippen LogP contribution in [0.1, 0.15) is 17.0 Å². The van der Waals surface area contributed by atoms with E-state index < -0.39 is 6.04 Å². The summed E-state index contributed by atoms with van der Waals surface area (Å²) in [6, 6.07) is 29.7. The lowest BCUT2D eigenvalue weighted by Gasteiger charge is -2.24. The summed E-state index contributed by atoms with van der Waals surface area (Å²) < 4.78 is 1.54. The average molecular weight is 424 g/mol. The average Bonchev–Trinajstić information content (AvgIpc) is 2.83. The number of nitrogens with zero attached hydrogens (tertiary/aromatic N) is 1. The Morgan fingerprint density at radius 3 is 1.84 bits per heavy atom. The molecule has 0 bridgehead atoms. The number of pyridine rings is 1. The molecule has 5 nitrogen and oxygen atoms in total. The lowest BCUT2D eigenvalue weighted by atomic mass is 9.85. The van der Waals surface area contributed by atoms with Gasteiger partial charge in [-0.2, -0.15) is 0 Å². The Hall–Kier alpha value is -3.96. The second kappa shape index (κ2) is 9.45. The van der Waals surface area contributed by atoms with Crippen molar-refractivity contribution in [3.63, 3.8) is 0 Å². The molecule has 0 radical (unpaired) electrons. The first-order valence-electron chi connectivity index (χ1n) is 10.5. The fourth-order valence-corrected chi connectivity index (χ4v) is 3.82. The minimum atomic E-state index is -0.761. The van der Waals surface area contributed by atoms with Crippen LogP contribution >= 0.6 is 0 Å². The molecule has 0 saturated carbocycles. The van der Waals surface area contributed by atoms with E-state index in [9.17, 15) is 9.59 Å². The highest BCUT2D eigenvalue weighted by Gasteiger charge is 2.27. The highest BCUT2D eigenvalue weighted by atomic mass is 16.2. The number of nitrogens with one attached hydrogen (secondary N) is 1. The van der Waals surface area contributed by atoms with E-state index in [0.717, 1.165) is 22.3 Å². The third-order valence-corrected chi connectivity index (χ3v) is 5.55. The largest absolute Gasteiger partial charge is 0.325 e. The van der Waals surface area contributed by atoms with E-state index in [4.69, 9.17) is 5.73 Å². The van der Waals surface area contributed by atoms with Crippen molar-refractivity contribution in [2.24, 2.45) is 12.8 Å². The Morgan fingerprint density at radius 1 is 0.781 bits per heavy atom. The van der Waals surface area contributed by atoms with Crippen molar-refractivity contribution >= 4 is 11.6 Å². The molecule has 0 aliphatic heterocycles. The number of amides is 1. The molecule has 4 rings (SSSR count). The first kappa shape index (κ1) is 21.3. The third-order valence-electron chi connectivity index (χ3n) is 5.55. The predicted molar refractivity (Wildman–Crippen MR) is 128 cm³/mol. The zero-order valence-corrected chi connectivity index (χ0v) is 17.8. The first-order chi connectivity index (χ1) is 15.5. The normalized spacial score (nSPS) is 11.8. The SMILES string of the molecule is Cn1cc(-c2ccc(NC(=O)[C@@H](N)C(c3ccccc3)c3ccccc3)cc2)ccc1=O. The lowest BCUT2D eigenvalue weighted by molar-refractivity contribution is -0.117. The summed E-state index contributed by atoms with van der Waals surface area (Å²) in [7, 11) is 1.72. The molecule has 1 heterocycles. The van der Waals surface area contributed by atoms with Crippen molar-refractivity contribution in [2.75, 3.05) is 5.32 Å². The van der Waals surface area contributed by atoms with E-state index in [1.54, 1.807) is 19.3 Å². The van der Waals surface area contributed by atoms with Gasteiger partial charge >= 0.3 is 0 Å². The molecule has 1 aromatic heterocycles. The van der Waals surface area contributed by atoms with Gasteiger partial charge in [0, 0.05) is 30.9 Å². The molecule has 3 aromatic carbocycles. The highest BCUT2D eigenvalue weighted by molar-refractivity contribution is 5.96. The van der Waals surface area contributed by atoms with Crippen LogP contribution in [0.5, 0.6) is 0 Å². The summed E-state index contributed by atoms with van der Waals surface area (Å²) in [5.41, 5.74) is 11.0. The number of benzene rings is 3. The van der Waals surface area contributed by atoms with E-state index in [1.807, 2.05) is 84.9 Å². The first-order valence-corrected chi connectivity index (χ1v) is 10.5.